The molecule has 2 aromatic heterocycles. The Bertz CT molecular complexity index is 859. The highest BCUT2D eigenvalue weighted by molar-refractivity contribution is 7.90. The summed E-state index contributed by atoms with van der Waals surface area (Å²) in [5, 5.41) is 4.20. The van der Waals surface area contributed by atoms with E-state index in [2.05, 4.69) is 19.7 Å². The van der Waals surface area contributed by atoms with Crippen molar-refractivity contribution >= 4 is 10.0 Å². The highest BCUT2D eigenvalue weighted by Gasteiger charge is 2.36. The molecule has 0 bridgehead atoms. The van der Waals surface area contributed by atoms with Crippen molar-refractivity contribution in [3.05, 3.63) is 47.5 Å². The van der Waals surface area contributed by atoms with Crippen LogP contribution < -0.4 is 4.72 Å². The number of sulfonamides is 1. The summed E-state index contributed by atoms with van der Waals surface area (Å²) in [7, 11) is -3.18. The van der Waals surface area contributed by atoms with Crippen molar-refractivity contribution in [1.29, 1.82) is 0 Å². The van der Waals surface area contributed by atoms with E-state index in [1.54, 1.807) is 6.20 Å². The monoisotopic (exact) mass is 361 g/mol. The third kappa shape index (κ3) is 3.75. The Hall–Kier alpha value is -1.77. The molecule has 1 saturated carbocycles. The minimum atomic E-state index is -3.18. The maximum Gasteiger partial charge on any atom is 0.214 e. The predicted molar refractivity (Wildman–Crippen MR) is 94.3 cm³/mol. The minimum absolute atomic E-state index is 0.00270. The molecule has 2 aliphatic rings. The molecule has 1 N–H and O–H groups in total. The molecule has 1 atom stereocenters. The van der Waals surface area contributed by atoms with Gasteiger partial charge in [-0.1, -0.05) is 6.07 Å². The van der Waals surface area contributed by atoms with E-state index in [1.807, 2.05) is 35.9 Å². The van der Waals surface area contributed by atoms with Crippen molar-refractivity contribution < 1.29 is 8.42 Å². The second kappa shape index (κ2) is 6.51. The standard InChI is InChI=1S/C17H23N5O2S/c1-13-3-2-4-14(20-13)10-21-11-15-7-8-18-22(15)16(12-21)9-19-25(23,24)17-5-6-17/h2-4,7-8,16-17,19H,5-6,9-12H2,1H3/t16-/m1/s1. The molecule has 3 heterocycles. The lowest BCUT2D eigenvalue weighted by Gasteiger charge is -2.33. The van der Waals surface area contributed by atoms with Crippen molar-refractivity contribution in [3.8, 4) is 0 Å². The molecule has 1 fully saturated rings. The van der Waals surface area contributed by atoms with Gasteiger partial charge in [-0.25, -0.2) is 13.1 Å². The number of rotatable bonds is 6. The number of nitrogens with zero attached hydrogens (tertiary/aromatic N) is 4. The Balaban J connectivity index is 1.47. The van der Waals surface area contributed by atoms with Gasteiger partial charge in [-0.05, 0) is 38.0 Å². The lowest BCUT2D eigenvalue weighted by Crippen LogP contribution is -2.43. The van der Waals surface area contributed by atoms with Crippen molar-refractivity contribution in [2.45, 2.75) is 44.1 Å². The van der Waals surface area contributed by atoms with Crippen LogP contribution in [0.15, 0.2) is 30.5 Å². The van der Waals surface area contributed by atoms with Gasteiger partial charge in [-0.15, -0.1) is 0 Å². The highest BCUT2D eigenvalue weighted by Crippen LogP contribution is 2.28. The maximum absolute atomic E-state index is 12.1. The van der Waals surface area contributed by atoms with Gasteiger partial charge in [0.05, 0.1) is 22.7 Å². The first-order chi connectivity index (χ1) is 12.0. The van der Waals surface area contributed by atoms with Crippen LogP contribution in [0.4, 0.5) is 0 Å². The summed E-state index contributed by atoms with van der Waals surface area (Å²) < 4.78 is 29.0. The number of fused-ring (bicyclic) bond motifs is 1. The molecule has 0 spiro atoms. The topological polar surface area (TPSA) is 80.1 Å². The molecule has 7 nitrogen and oxygen atoms in total. The number of hydrogen-bond donors (Lipinski definition) is 1. The molecule has 0 aromatic carbocycles. The number of hydrogen-bond acceptors (Lipinski definition) is 5. The average Bonchev–Trinajstić information content (AvgIpc) is 3.33. The van der Waals surface area contributed by atoms with E-state index in [0.29, 0.717) is 6.54 Å². The molecule has 0 unspecified atom stereocenters. The second-order valence-electron chi connectivity index (χ2n) is 6.95. The fourth-order valence-corrected chi connectivity index (χ4v) is 4.78. The van der Waals surface area contributed by atoms with Gasteiger partial charge in [-0.2, -0.15) is 5.10 Å². The van der Waals surface area contributed by atoms with Crippen LogP contribution in [0.3, 0.4) is 0 Å². The van der Waals surface area contributed by atoms with Gasteiger partial charge in [0.2, 0.25) is 10.0 Å². The summed E-state index contributed by atoms with van der Waals surface area (Å²) in [6.45, 7) is 4.66. The van der Waals surface area contributed by atoms with Gasteiger partial charge in [0.25, 0.3) is 0 Å². The number of aromatic nitrogens is 3. The lowest BCUT2D eigenvalue weighted by molar-refractivity contribution is 0.166. The maximum atomic E-state index is 12.1. The third-order valence-electron chi connectivity index (χ3n) is 4.77. The zero-order valence-electron chi connectivity index (χ0n) is 14.3. The molecule has 1 aliphatic carbocycles. The molecule has 8 heteroatoms. The van der Waals surface area contributed by atoms with Gasteiger partial charge in [0.1, 0.15) is 0 Å². The lowest BCUT2D eigenvalue weighted by atomic mass is 10.2. The van der Waals surface area contributed by atoms with E-state index in [9.17, 15) is 8.42 Å². The Kier molecular flexibility index (Phi) is 4.35. The minimum Gasteiger partial charge on any atom is -0.290 e. The smallest absolute Gasteiger partial charge is 0.214 e. The third-order valence-corrected chi connectivity index (χ3v) is 6.69. The zero-order chi connectivity index (χ0) is 17.4. The number of nitrogens with one attached hydrogen (secondary N) is 1. The quantitative estimate of drug-likeness (QED) is 0.837. The molecule has 0 saturated heterocycles. The fraction of sp³-hybridized carbons (Fsp3) is 0.529. The van der Waals surface area contributed by atoms with Gasteiger partial charge in [0.15, 0.2) is 0 Å². The SMILES string of the molecule is Cc1cccc(CN2Cc3ccnn3[C@H](CNS(=O)(=O)C3CC3)C2)n1. The normalized spacial score (nSPS) is 21.2. The first-order valence-corrected chi connectivity index (χ1v) is 10.2. The molecule has 1 aliphatic heterocycles. The van der Waals surface area contributed by atoms with E-state index in [-0.39, 0.29) is 11.3 Å². The van der Waals surface area contributed by atoms with Crippen LogP contribution in [0, 0.1) is 6.92 Å². The van der Waals surface area contributed by atoms with E-state index in [4.69, 9.17) is 0 Å². The summed E-state index contributed by atoms with van der Waals surface area (Å²) in [5.41, 5.74) is 3.15. The molecule has 4 rings (SSSR count). The summed E-state index contributed by atoms with van der Waals surface area (Å²) in [6, 6.07) is 8.04. The summed E-state index contributed by atoms with van der Waals surface area (Å²) >= 11 is 0. The van der Waals surface area contributed by atoms with Crippen LogP contribution in [0.5, 0.6) is 0 Å². The Labute approximate surface area is 148 Å². The summed E-state index contributed by atoms with van der Waals surface area (Å²) in [4.78, 5) is 6.88. The molecule has 0 radical (unpaired) electrons. The van der Waals surface area contributed by atoms with Crippen molar-refractivity contribution in [2.24, 2.45) is 0 Å². The number of aryl methyl sites for hydroxylation is 1. The van der Waals surface area contributed by atoms with Crippen LogP contribution in [0.1, 0.15) is 36.0 Å². The van der Waals surface area contributed by atoms with E-state index in [0.717, 1.165) is 49.6 Å². The summed E-state index contributed by atoms with van der Waals surface area (Å²) in [5.74, 6) is 0. The van der Waals surface area contributed by atoms with Crippen LogP contribution in [0.2, 0.25) is 0 Å². The predicted octanol–water partition coefficient (Wildman–Crippen LogP) is 1.23. The van der Waals surface area contributed by atoms with E-state index in [1.165, 1.54) is 0 Å². The summed E-state index contributed by atoms with van der Waals surface area (Å²) in [6.07, 6.45) is 3.34. The van der Waals surface area contributed by atoms with Crippen LogP contribution in [-0.2, 0) is 23.1 Å². The first-order valence-electron chi connectivity index (χ1n) is 8.67. The van der Waals surface area contributed by atoms with Gasteiger partial charge >= 0.3 is 0 Å². The van der Waals surface area contributed by atoms with Crippen molar-refractivity contribution in [3.63, 3.8) is 0 Å². The Morgan fingerprint density at radius 1 is 1.28 bits per heavy atom. The van der Waals surface area contributed by atoms with Crippen molar-refractivity contribution in [1.82, 2.24) is 24.4 Å². The molecule has 0 amide bonds. The van der Waals surface area contributed by atoms with Gasteiger partial charge in [0, 0.05) is 38.1 Å². The van der Waals surface area contributed by atoms with Crippen LogP contribution in [0.25, 0.3) is 0 Å². The largest absolute Gasteiger partial charge is 0.290 e. The van der Waals surface area contributed by atoms with Crippen LogP contribution in [-0.4, -0.2) is 46.4 Å². The molecule has 134 valence electrons. The van der Waals surface area contributed by atoms with Crippen LogP contribution >= 0.6 is 0 Å². The molecular formula is C17H23N5O2S. The Morgan fingerprint density at radius 2 is 2.12 bits per heavy atom. The molecule has 2 aromatic rings. The van der Waals surface area contributed by atoms with Gasteiger partial charge in [-0.3, -0.25) is 14.6 Å². The highest BCUT2D eigenvalue weighted by atomic mass is 32.2. The average molecular weight is 361 g/mol. The second-order valence-corrected chi connectivity index (χ2v) is 9.00. The first kappa shape index (κ1) is 16.7. The van der Waals surface area contributed by atoms with Crippen molar-refractivity contribution in [2.75, 3.05) is 13.1 Å². The zero-order valence-corrected chi connectivity index (χ0v) is 15.1. The van der Waals surface area contributed by atoms with Gasteiger partial charge < -0.3 is 0 Å². The fourth-order valence-electron chi connectivity index (χ4n) is 3.36. The van der Waals surface area contributed by atoms with E-state index < -0.39 is 10.0 Å². The number of pyridine rings is 1. The Morgan fingerprint density at radius 3 is 2.88 bits per heavy atom. The molecule has 25 heavy (non-hydrogen) atoms. The molecular weight excluding hydrogens is 338 g/mol. The van der Waals surface area contributed by atoms with E-state index >= 15 is 0 Å².